The van der Waals surface area contributed by atoms with Crippen molar-refractivity contribution in [2.24, 2.45) is 0 Å². The zero-order valence-electron chi connectivity index (χ0n) is 8.37. The van der Waals surface area contributed by atoms with Crippen LogP contribution in [0.5, 0.6) is 0 Å². The molecule has 1 aliphatic heterocycles. The second kappa shape index (κ2) is 4.80. The van der Waals surface area contributed by atoms with Gasteiger partial charge in [-0.3, -0.25) is 0 Å². The average Bonchev–Trinajstić information content (AvgIpc) is 1.85. The van der Waals surface area contributed by atoms with Crippen molar-refractivity contribution in [2.45, 2.75) is 51.4 Å². The molecule has 74 valence electrons. The first-order valence-corrected chi connectivity index (χ1v) is 4.32. The van der Waals surface area contributed by atoms with Crippen LogP contribution in [-0.4, -0.2) is 35.1 Å². The molecule has 0 aromatic heterocycles. The summed E-state index contributed by atoms with van der Waals surface area (Å²) in [5, 5.41) is 16.6. The summed E-state index contributed by atoms with van der Waals surface area (Å²) in [4.78, 5) is 0. The third-order valence-corrected chi connectivity index (χ3v) is 1.92. The lowest BCUT2D eigenvalue weighted by molar-refractivity contribution is -0.123. The van der Waals surface area contributed by atoms with E-state index in [1.807, 2.05) is 20.8 Å². The highest BCUT2D eigenvalue weighted by Gasteiger charge is 2.32. The zero-order chi connectivity index (χ0) is 9.78. The van der Waals surface area contributed by atoms with E-state index in [1.54, 1.807) is 0 Å². The van der Waals surface area contributed by atoms with Gasteiger partial charge in [0.25, 0.3) is 0 Å². The predicted molar refractivity (Wildman–Crippen MR) is 48.0 cm³/mol. The Morgan fingerprint density at radius 2 is 1.50 bits per heavy atom. The van der Waals surface area contributed by atoms with E-state index in [4.69, 9.17) is 9.84 Å². The SMILES string of the molecule is CC1CC(C)(O)C[C@H](C)O1.CO. The molecule has 2 N–H and O–H groups in total. The van der Waals surface area contributed by atoms with Crippen LogP contribution in [0.25, 0.3) is 0 Å². The molecular weight excluding hydrogens is 156 g/mol. The first-order valence-electron chi connectivity index (χ1n) is 4.32. The van der Waals surface area contributed by atoms with E-state index in [-0.39, 0.29) is 12.2 Å². The van der Waals surface area contributed by atoms with E-state index >= 15 is 0 Å². The average molecular weight is 176 g/mol. The lowest BCUT2D eigenvalue weighted by atomic mass is 9.90. The molecule has 0 spiro atoms. The molecule has 0 bridgehead atoms. The molecule has 0 aromatic rings. The molecular formula is C9H20O3. The van der Waals surface area contributed by atoms with Crippen molar-refractivity contribution in [3.63, 3.8) is 0 Å². The van der Waals surface area contributed by atoms with E-state index < -0.39 is 5.60 Å². The maximum absolute atomic E-state index is 9.64. The topological polar surface area (TPSA) is 49.7 Å². The molecule has 1 fully saturated rings. The number of aliphatic hydroxyl groups excluding tert-OH is 1. The number of hydrogen-bond acceptors (Lipinski definition) is 3. The summed E-state index contributed by atoms with van der Waals surface area (Å²) in [6.07, 6.45) is 1.94. The molecule has 1 aliphatic rings. The molecule has 1 rings (SSSR count). The molecule has 3 atom stereocenters. The Morgan fingerprint density at radius 1 is 1.17 bits per heavy atom. The van der Waals surface area contributed by atoms with Crippen molar-refractivity contribution in [3.8, 4) is 0 Å². The van der Waals surface area contributed by atoms with E-state index in [9.17, 15) is 5.11 Å². The Labute approximate surface area is 74.4 Å². The van der Waals surface area contributed by atoms with Gasteiger partial charge in [0.2, 0.25) is 0 Å². The third-order valence-electron chi connectivity index (χ3n) is 1.92. The minimum atomic E-state index is -0.503. The second-order valence-electron chi connectivity index (χ2n) is 3.66. The fourth-order valence-electron chi connectivity index (χ4n) is 1.81. The highest BCUT2D eigenvalue weighted by Crippen LogP contribution is 2.27. The lowest BCUT2D eigenvalue weighted by Gasteiger charge is -2.36. The van der Waals surface area contributed by atoms with Crippen LogP contribution in [0.1, 0.15) is 33.6 Å². The molecule has 0 aliphatic carbocycles. The molecule has 0 saturated carbocycles. The van der Waals surface area contributed by atoms with Crippen LogP contribution in [0.3, 0.4) is 0 Å². The quantitative estimate of drug-likeness (QED) is 0.577. The zero-order valence-corrected chi connectivity index (χ0v) is 8.37. The fraction of sp³-hybridized carbons (Fsp3) is 1.00. The van der Waals surface area contributed by atoms with Gasteiger partial charge in [0.05, 0.1) is 17.8 Å². The summed E-state index contributed by atoms with van der Waals surface area (Å²) in [7, 11) is 1.00. The standard InChI is InChI=1S/C8H16O2.CH4O/c1-6-4-8(3,9)5-7(2)10-6;1-2/h6-7,9H,4-5H2,1-3H3;2H,1H3/t6-,7?,8?;/m0./s1. The Kier molecular flexibility index (Phi) is 4.75. The number of rotatable bonds is 0. The summed E-state index contributed by atoms with van der Waals surface area (Å²) in [6.45, 7) is 5.89. The van der Waals surface area contributed by atoms with Gasteiger partial charge in [-0.2, -0.15) is 0 Å². The second-order valence-corrected chi connectivity index (χ2v) is 3.66. The summed E-state index contributed by atoms with van der Waals surface area (Å²) in [5.41, 5.74) is -0.503. The van der Waals surface area contributed by atoms with Crippen molar-refractivity contribution < 1.29 is 14.9 Å². The Bertz CT molecular complexity index is 111. The molecule has 12 heavy (non-hydrogen) atoms. The van der Waals surface area contributed by atoms with Gasteiger partial charge in [-0.25, -0.2) is 0 Å². The van der Waals surface area contributed by atoms with Crippen LogP contribution >= 0.6 is 0 Å². The van der Waals surface area contributed by atoms with E-state index in [2.05, 4.69) is 0 Å². The van der Waals surface area contributed by atoms with Crippen molar-refractivity contribution >= 4 is 0 Å². The highest BCUT2D eigenvalue weighted by atomic mass is 16.5. The Hall–Kier alpha value is -0.120. The van der Waals surface area contributed by atoms with Crippen molar-refractivity contribution in [1.82, 2.24) is 0 Å². The van der Waals surface area contributed by atoms with Gasteiger partial charge in [-0.15, -0.1) is 0 Å². The molecule has 3 nitrogen and oxygen atoms in total. The Morgan fingerprint density at radius 3 is 1.75 bits per heavy atom. The maximum Gasteiger partial charge on any atom is 0.0668 e. The van der Waals surface area contributed by atoms with E-state index in [0.29, 0.717) is 0 Å². The molecule has 2 unspecified atom stereocenters. The minimum absolute atomic E-state index is 0.207. The summed E-state index contributed by atoms with van der Waals surface area (Å²) >= 11 is 0. The molecule has 1 heterocycles. The minimum Gasteiger partial charge on any atom is -0.400 e. The third kappa shape index (κ3) is 4.04. The van der Waals surface area contributed by atoms with Crippen LogP contribution in [-0.2, 0) is 4.74 Å². The number of ether oxygens (including phenoxy) is 1. The largest absolute Gasteiger partial charge is 0.400 e. The fourth-order valence-corrected chi connectivity index (χ4v) is 1.81. The van der Waals surface area contributed by atoms with Crippen LogP contribution in [0.4, 0.5) is 0 Å². The summed E-state index contributed by atoms with van der Waals surface area (Å²) in [5.74, 6) is 0. The van der Waals surface area contributed by atoms with E-state index in [1.165, 1.54) is 0 Å². The summed E-state index contributed by atoms with van der Waals surface area (Å²) < 4.78 is 5.46. The normalized spacial score (nSPS) is 41.5. The van der Waals surface area contributed by atoms with Crippen LogP contribution < -0.4 is 0 Å². The van der Waals surface area contributed by atoms with Crippen LogP contribution in [0.2, 0.25) is 0 Å². The summed E-state index contributed by atoms with van der Waals surface area (Å²) in [6, 6.07) is 0. The van der Waals surface area contributed by atoms with Gasteiger partial charge in [-0.1, -0.05) is 0 Å². The number of hydrogen-bond donors (Lipinski definition) is 2. The monoisotopic (exact) mass is 176 g/mol. The first-order chi connectivity index (χ1) is 5.49. The van der Waals surface area contributed by atoms with Crippen LogP contribution in [0, 0.1) is 0 Å². The molecule has 1 saturated heterocycles. The van der Waals surface area contributed by atoms with Gasteiger partial charge >= 0.3 is 0 Å². The highest BCUT2D eigenvalue weighted by molar-refractivity contribution is 4.82. The first kappa shape index (κ1) is 11.9. The molecule has 0 aromatic carbocycles. The number of aliphatic hydroxyl groups is 2. The van der Waals surface area contributed by atoms with Gasteiger partial charge in [0.15, 0.2) is 0 Å². The lowest BCUT2D eigenvalue weighted by Crippen LogP contribution is -2.40. The van der Waals surface area contributed by atoms with Crippen molar-refractivity contribution in [3.05, 3.63) is 0 Å². The van der Waals surface area contributed by atoms with Gasteiger partial charge in [0, 0.05) is 20.0 Å². The van der Waals surface area contributed by atoms with Crippen molar-refractivity contribution in [1.29, 1.82) is 0 Å². The smallest absolute Gasteiger partial charge is 0.0668 e. The Balaban J connectivity index is 0.000000561. The molecule has 3 heteroatoms. The molecule has 0 radical (unpaired) electrons. The molecule has 0 amide bonds. The van der Waals surface area contributed by atoms with Crippen LogP contribution in [0.15, 0.2) is 0 Å². The van der Waals surface area contributed by atoms with Crippen molar-refractivity contribution in [2.75, 3.05) is 7.11 Å². The van der Waals surface area contributed by atoms with Gasteiger partial charge in [0.1, 0.15) is 0 Å². The van der Waals surface area contributed by atoms with Gasteiger partial charge < -0.3 is 14.9 Å². The van der Waals surface area contributed by atoms with E-state index in [0.717, 1.165) is 20.0 Å². The maximum atomic E-state index is 9.64. The van der Waals surface area contributed by atoms with Gasteiger partial charge in [-0.05, 0) is 20.8 Å². The predicted octanol–water partition coefficient (Wildman–Crippen LogP) is 0.933.